The van der Waals surface area contributed by atoms with Crippen molar-refractivity contribution in [3.63, 3.8) is 0 Å². The third-order valence-electron chi connectivity index (χ3n) is 4.62. The van der Waals surface area contributed by atoms with Crippen LogP contribution in [-0.2, 0) is 6.18 Å². The summed E-state index contributed by atoms with van der Waals surface area (Å²) in [5.74, 6) is -0.419. The second kappa shape index (κ2) is 8.75. The van der Waals surface area contributed by atoms with Crippen LogP contribution in [0.15, 0.2) is 43.0 Å². The summed E-state index contributed by atoms with van der Waals surface area (Å²) < 4.78 is 39.6. The summed E-state index contributed by atoms with van der Waals surface area (Å²) in [7, 11) is 0. The predicted molar refractivity (Wildman–Crippen MR) is 108 cm³/mol. The van der Waals surface area contributed by atoms with Crippen molar-refractivity contribution in [2.24, 2.45) is 5.92 Å². The molecule has 2 N–H and O–H groups in total. The number of carboxylic acid groups (broad SMARTS) is 1. The lowest BCUT2D eigenvalue weighted by molar-refractivity contribution is -0.137. The number of aromatic nitrogens is 4. The molecule has 3 aromatic heterocycles. The Hall–Kier alpha value is -3.43. The van der Waals surface area contributed by atoms with Crippen molar-refractivity contribution in [2.75, 3.05) is 5.32 Å². The van der Waals surface area contributed by atoms with Crippen molar-refractivity contribution < 1.29 is 23.1 Å². The van der Waals surface area contributed by atoms with E-state index in [-0.39, 0.29) is 11.6 Å². The highest BCUT2D eigenvalue weighted by Gasteiger charge is 2.32. The maximum absolute atomic E-state index is 12.8. The van der Waals surface area contributed by atoms with Gasteiger partial charge in [-0.15, -0.1) is 0 Å². The molecule has 7 nitrogen and oxygen atoms in total. The minimum Gasteiger partial charge on any atom is -0.478 e. The third kappa shape index (κ3) is 5.39. The fraction of sp³-hybridized carbons (Fsp3) is 0.333. The van der Waals surface area contributed by atoms with Crippen LogP contribution in [0.25, 0.3) is 5.82 Å². The molecule has 0 saturated heterocycles. The average molecular weight is 433 g/mol. The Kier molecular flexibility index (Phi) is 6.28. The summed E-state index contributed by atoms with van der Waals surface area (Å²) in [6.45, 7) is 5.85. The van der Waals surface area contributed by atoms with Gasteiger partial charge >= 0.3 is 12.1 Å². The van der Waals surface area contributed by atoms with E-state index in [0.29, 0.717) is 28.7 Å². The second-order valence-electron chi connectivity index (χ2n) is 7.64. The van der Waals surface area contributed by atoms with Crippen molar-refractivity contribution in [3.8, 4) is 5.82 Å². The van der Waals surface area contributed by atoms with Crippen molar-refractivity contribution in [2.45, 2.75) is 39.4 Å². The molecule has 3 heterocycles. The fourth-order valence-corrected chi connectivity index (χ4v) is 3.14. The molecule has 0 bridgehead atoms. The Morgan fingerprint density at radius 3 is 2.45 bits per heavy atom. The lowest BCUT2D eigenvalue weighted by Gasteiger charge is -2.22. The number of nitrogens with zero attached hydrogens (tertiary/aromatic N) is 4. The van der Waals surface area contributed by atoms with E-state index in [1.54, 1.807) is 19.1 Å². The van der Waals surface area contributed by atoms with E-state index in [2.05, 4.69) is 34.2 Å². The standard InChI is InChI=1S/C21H22F3N5O2/c1-12(2)6-18(17-5-4-14(8-25-17)20(30)31)28-16-7-13(3)19(26-10-16)29-11-15(9-27-29)21(22,23)24/h4-5,7-12,18,28H,6H2,1-3H3,(H,30,31). The second-order valence-corrected chi connectivity index (χ2v) is 7.64. The molecule has 164 valence electrons. The molecule has 31 heavy (non-hydrogen) atoms. The minimum absolute atomic E-state index is 0.103. The number of carboxylic acids is 1. The number of aryl methyl sites for hydroxylation is 1. The van der Waals surface area contributed by atoms with Crippen LogP contribution in [-0.4, -0.2) is 30.8 Å². The Morgan fingerprint density at radius 2 is 1.94 bits per heavy atom. The third-order valence-corrected chi connectivity index (χ3v) is 4.62. The molecule has 0 fully saturated rings. The number of rotatable bonds is 7. The van der Waals surface area contributed by atoms with Gasteiger partial charge < -0.3 is 10.4 Å². The molecule has 0 aliphatic rings. The number of anilines is 1. The summed E-state index contributed by atoms with van der Waals surface area (Å²) in [6.07, 6.45) is 0.761. The van der Waals surface area contributed by atoms with E-state index in [4.69, 9.17) is 5.11 Å². The number of aromatic carboxylic acids is 1. The summed E-state index contributed by atoms with van der Waals surface area (Å²) in [5, 5.41) is 16.2. The summed E-state index contributed by atoms with van der Waals surface area (Å²) >= 11 is 0. The number of hydrogen-bond donors (Lipinski definition) is 2. The highest BCUT2D eigenvalue weighted by molar-refractivity contribution is 5.87. The molecule has 0 spiro atoms. The Balaban J connectivity index is 1.84. The smallest absolute Gasteiger partial charge is 0.419 e. The van der Waals surface area contributed by atoms with Crippen LogP contribution in [0, 0.1) is 12.8 Å². The van der Waals surface area contributed by atoms with Crippen LogP contribution in [0.1, 0.15) is 53.5 Å². The average Bonchev–Trinajstić information content (AvgIpc) is 3.18. The van der Waals surface area contributed by atoms with E-state index in [1.165, 1.54) is 18.5 Å². The lowest BCUT2D eigenvalue weighted by atomic mass is 10.00. The molecule has 1 atom stereocenters. The number of halogens is 3. The van der Waals surface area contributed by atoms with E-state index >= 15 is 0 Å². The van der Waals surface area contributed by atoms with Crippen molar-refractivity contribution in [1.29, 1.82) is 0 Å². The van der Waals surface area contributed by atoms with E-state index in [9.17, 15) is 18.0 Å². The molecule has 3 rings (SSSR count). The number of alkyl halides is 3. The Morgan fingerprint density at radius 1 is 1.19 bits per heavy atom. The SMILES string of the molecule is Cc1cc(NC(CC(C)C)c2ccc(C(=O)O)cn2)cnc1-n1cc(C(F)(F)F)cn1. The Labute approximate surface area is 177 Å². The number of carbonyl (C=O) groups is 1. The van der Waals surface area contributed by atoms with Gasteiger partial charge in [-0.05, 0) is 43.0 Å². The van der Waals surface area contributed by atoms with E-state index in [1.807, 2.05) is 0 Å². The number of nitrogens with one attached hydrogen (secondary N) is 1. The molecule has 0 aromatic carbocycles. The summed E-state index contributed by atoms with van der Waals surface area (Å²) in [5.41, 5.74) is 1.25. The highest BCUT2D eigenvalue weighted by Crippen LogP contribution is 2.30. The molecular weight excluding hydrogens is 411 g/mol. The van der Waals surface area contributed by atoms with E-state index in [0.717, 1.165) is 23.5 Å². The van der Waals surface area contributed by atoms with Gasteiger partial charge in [0, 0.05) is 12.4 Å². The van der Waals surface area contributed by atoms with Crippen LogP contribution in [0.2, 0.25) is 0 Å². The first-order valence-corrected chi connectivity index (χ1v) is 9.59. The van der Waals surface area contributed by atoms with Gasteiger partial charge in [0.2, 0.25) is 0 Å². The number of pyridine rings is 2. The van der Waals surface area contributed by atoms with Crippen molar-refractivity contribution >= 4 is 11.7 Å². The molecule has 0 amide bonds. The predicted octanol–water partition coefficient (Wildman–Crippen LogP) is 4.89. The van der Waals surface area contributed by atoms with Crippen LogP contribution in [0.3, 0.4) is 0 Å². The van der Waals surface area contributed by atoms with Gasteiger partial charge in [-0.2, -0.15) is 18.3 Å². The first kappa shape index (κ1) is 22.3. The zero-order valence-corrected chi connectivity index (χ0v) is 17.2. The van der Waals surface area contributed by atoms with Crippen LogP contribution < -0.4 is 5.32 Å². The van der Waals surface area contributed by atoms with Gasteiger partial charge in [0.1, 0.15) is 0 Å². The molecule has 3 aromatic rings. The van der Waals surface area contributed by atoms with Crippen molar-refractivity contribution in [1.82, 2.24) is 19.7 Å². The molecule has 0 saturated carbocycles. The topological polar surface area (TPSA) is 92.9 Å². The fourth-order valence-electron chi connectivity index (χ4n) is 3.14. The van der Waals surface area contributed by atoms with Crippen LogP contribution in [0.4, 0.5) is 18.9 Å². The molecule has 1 unspecified atom stereocenters. The van der Waals surface area contributed by atoms with Gasteiger partial charge in [0.15, 0.2) is 5.82 Å². The zero-order chi connectivity index (χ0) is 22.8. The number of hydrogen-bond acceptors (Lipinski definition) is 5. The molecule has 0 radical (unpaired) electrons. The maximum Gasteiger partial charge on any atom is 0.419 e. The monoisotopic (exact) mass is 433 g/mol. The van der Waals surface area contributed by atoms with Gasteiger partial charge in [-0.3, -0.25) is 4.98 Å². The minimum atomic E-state index is -4.47. The van der Waals surface area contributed by atoms with Gasteiger partial charge in [-0.1, -0.05) is 13.8 Å². The van der Waals surface area contributed by atoms with Crippen LogP contribution in [0.5, 0.6) is 0 Å². The van der Waals surface area contributed by atoms with Crippen LogP contribution >= 0.6 is 0 Å². The largest absolute Gasteiger partial charge is 0.478 e. The molecule has 0 aliphatic heterocycles. The first-order valence-electron chi connectivity index (χ1n) is 9.59. The Bertz CT molecular complexity index is 1060. The lowest BCUT2D eigenvalue weighted by Crippen LogP contribution is -2.16. The van der Waals surface area contributed by atoms with Gasteiger partial charge in [0.25, 0.3) is 0 Å². The summed E-state index contributed by atoms with van der Waals surface area (Å²) in [4.78, 5) is 19.6. The highest BCUT2D eigenvalue weighted by atomic mass is 19.4. The quantitative estimate of drug-likeness (QED) is 0.551. The molecule has 10 heteroatoms. The molecular formula is C21H22F3N5O2. The normalized spacial score (nSPS) is 12.7. The van der Waals surface area contributed by atoms with Crippen molar-refractivity contribution in [3.05, 3.63) is 65.4 Å². The summed E-state index contributed by atoms with van der Waals surface area (Å²) in [6, 6.07) is 4.75. The first-order chi connectivity index (χ1) is 14.5. The zero-order valence-electron chi connectivity index (χ0n) is 17.2. The van der Waals surface area contributed by atoms with Gasteiger partial charge in [-0.25, -0.2) is 14.5 Å². The van der Waals surface area contributed by atoms with E-state index < -0.39 is 17.7 Å². The molecule has 0 aliphatic carbocycles. The van der Waals surface area contributed by atoms with Gasteiger partial charge in [0.05, 0.1) is 40.9 Å². The maximum atomic E-state index is 12.8.